The second kappa shape index (κ2) is 5.73. The summed E-state index contributed by atoms with van der Waals surface area (Å²) < 4.78 is 0. The van der Waals surface area contributed by atoms with Crippen molar-refractivity contribution in [2.45, 2.75) is 39.0 Å². The van der Waals surface area contributed by atoms with Crippen molar-refractivity contribution in [3.8, 4) is 0 Å². The summed E-state index contributed by atoms with van der Waals surface area (Å²) in [5, 5.41) is 16.4. The lowest BCUT2D eigenvalue weighted by atomic mass is 9.92. The van der Waals surface area contributed by atoms with Gasteiger partial charge in [0.2, 0.25) is 0 Å². The predicted molar refractivity (Wildman–Crippen MR) is 59.2 cm³/mol. The average Bonchev–Trinajstić information content (AvgIpc) is 2.18. The van der Waals surface area contributed by atoms with Crippen LogP contribution in [0.25, 0.3) is 0 Å². The lowest BCUT2D eigenvalue weighted by Crippen LogP contribution is -2.42. The number of nitrogens with one attached hydrogen (secondary N) is 1. The number of hydrogen-bond acceptors (Lipinski definition) is 2. The first-order valence-electron chi connectivity index (χ1n) is 5.67. The SMILES string of the molecule is CCCCC1CCC(=N)N(CC(=O)O)C1. The highest BCUT2D eigenvalue weighted by molar-refractivity contribution is 5.83. The van der Waals surface area contributed by atoms with Crippen molar-refractivity contribution < 1.29 is 9.90 Å². The average molecular weight is 212 g/mol. The van der Waals surface area contributed by atoms with Crippen LogP contribution in [-0.2, 0) is 4.79 Å². The Bertz CT molecular complexity index is 241. The lowest BCUT2D eigenvalue weighted by molar-refractivity contribution is -0.137. The molecule has 0 amide bonds. The summed E-state index contributed by atoms with van der Waals surface area (Å²) in [6.07, 6.45) is 5.35. The van der Waals surface area contributed by atoms with Crippen LogP contribution in [0.3, 0.4) is 0 Å². The molecule has 15 heavy (non-hydrogen) atoms. The number of piperidine rings is 1. The zero-order valence-corrected chi connectivity index (χ0v) is 9.33. The van der Waals surface area contributed by atoms with E-state index in [1.807, 2.05) is 0 Å². The van der Waals surface area contributed by atoms with E-state index in [-0.39, 0.29) is 6.54 Å². The number of carbonyl (C=O) groups is 1. The number of nitrogens with zero attached hydrogens (tertiary/aromatic N) is 1. The van der Waals surface area contributed by atoms with Crippen molar-refractivity contribution in [3.63, 3.8) is 0 Å². The van der Waals surface area contributed by atoms with Gasteiger partial charge in [-0.2, -0.15) is 0 Å². The van der Waals surface area contributed by atoms with Crippen LogP contribution in [0.5, 0.6) is 0 Å². The van der Waals surface area contributed by atoms with Gasteiger partial charge in [0.05, 0.1) is 5.84 Å². The van der Waals surface area contributed by atoms with Crippen molar-refractivity contribution in [1.29, 1.82) is 5.41 Å². The highest BCUT2D eigenvalue weighted by atomic mass is 16.4. The molecule has 0 spiro atoms. The smallest absolute Gasteiger partial charge is 0.323 e. The van der Waals surface area contributed by atoms with Gasteiger partial charge in [0.1, 0.15) is 6.54 Å². The van der Waals surface area contributed by atoms with Gasteiger partial charge in [-0.3, -0.25) is 10.2 Å². The summed E-state index contributed by atoms with van der Waals surface area (Å²) in [5.41, 5.74) is 0. The van der Waals surface area contributed by atoms with Crippen molar-refractivity contribution in [3.05, 3.63) is 0 Å². The molecule has 1 atom stereocenters. The number of carboxylic acids is 1. The molecule has 1 aliphatic rings. The standard InChI is InChI=1S/C11H20N2O2/c1-2-3-4-9-5-6-10(12)13(7-9)8-11(14)15/h9,12H,2-8H2,1H3,(H,14,15). The van der Waals surface area contributed by atoms with Crippen LogP contribution in [0.4, 0.5) is 0 Å². The van der Waals surface area contributed by atoms with Gasteiger partial charge < -0.3 is 10.0 Å². The fourth-order valence-electron chi connectivity index (χ4n) is 2.06. The third-order valence-electron chi connectivity index (χ3n) is 2.94. The predicted octanol–water partition coefficient (Wildman–Crippen LogP) is 1.95. The maximum atomic E-state index is 10.6. The highest BCUT2D eigenvalue weighted by Gasteiger charge is 2.23. The molecule has 0 aromatic heterocycles. The molecule has 1 saturated heterocycles. The van der Waals surface area contributed by atoms with Crippen molar-refractivity contribution in [2.75, 3.05) is 13.1 Å². The number of aliphatic carboxylic acids is 1. The lowest BCUT2D eigenvalue weighted by Gasteiger charge is -2.33. The molecule has 2 N–H and O–H groups in total. The number of rotatable bonds is 5. The van der Waals surface area contributed by atoms with Crippen LogP contribution in [0, 0.1) is 11.3 Å². The molecule has 0 aromatic carbocycles. The van der Waals surface area contributed by atoms with Gasteiger partial charge >= 0.3 is 5.97 Å². The summed E-state index contributed by atoms with van der Waals surface area (Å²) >= 11 is 0. The van der Waals surface area contributed by atoms with E-state index in [2.05, 4.69) is 6.92 Å². The van der Waals surface area contributed by atoms with Crippen LogP contribution in [0.2, 0.25) is 0 Å². The third-order valence-corrected chi connectivity index (χ3v) is 2.94. The largest absolute Gasteiger partial charge is 0.480 e. The van der Waals surface area contributed by atoms with Crippen molar-refractivity contribution in [2.24, 2.45) is 5.92 Å². The Labute approximate surface area is 90.8 Å². The molecule has 0 aliphatic carbocycles. The molecule has 1 fully saturated rings. The Kier molecular flexibility index (Phi) is 4.59. The zero-order valence-electron chi connectivity index (χ0n) is 9.33. The molecular weight excluding hydrogens is 192 g/mol. The second-order valence-electron chi connectivity index (χ2n) is 4.27. The van der Waals surface area contributed by atoms with E-state index < -0.39 is 5.97 Å². The minimum atomic E-state index is -0.837. The molecule has 0 radical (unpaired) electrons. The Hall–Kier alpha value is -1.06. The normalized spacial score (nSPS) is 21.8. The van der Waals surface area contributed by atoms with Crippen molar-refractivity contribution in [1.82, 2.24) is 4.90 Å². The van der Waals surface area contributed by atoms with Crippen LogP contribution >= 0.6 is 0 Å². The van der Waals surface area contributed by atoms with Crippen LogP contribution in [0.1, 0.15) is 39.0 Å². The number of carboxylic acid groups (broad SMARTS) is 1. The first-order chi connectivity index (χ1) is 7.13. The van der Waals surface area contributed by atoms with Crippen LogP contribution < -0.4 is 0 Å². The molecule has 86 valence electrons. The number of likely N-dealkylation sites (tertiary alicyclic amines) is 1. The van der Waals surface area contributed by atoms with Gasteiger partial charge in [-0.1, -0.05) is 19.8 Å². The van der Waals surface area contributed by atoms with Crippen LogP contribution in [0.15, 0.2) is 0 Å². The summed E-state index contributed by atoms with van der Waals surface area (Å²) in [6.45, 7) is 2.91. The second-order valence-corrected chi connectivity index (χ2v) is 4.27. The Balaban J connectivity index is 2.41. The minimum absolute atomic E-state index is 0.0124. The van der Waals surface area contributed by atoms with E-state index in [1.165, 1.54) is 19.3 Å². The molecule has 1 unspecified atom stereocenters. The molecular formula is C11H20N2O2. The van der Waals surface area contributed by atoms with E-state index in [4.69, 9.17) is 10.5 Å². The minimum Gasteiger partial charge on any atom is -0.480 e. The summed E-state index contributed by atoms with van der Waals surface area (Å²) in [7, 11) is 0. The van der Waals surface area contributed by atoms with Crippen molar-refractivity contribution >= 4 is 11.8 Å². The zero-order chi connectivity index (χ0) is 11.3. The Morgan fingerprint density at radius 2 is 2.40 bits per heavy atom. The molecule has 0 aromatic rings. The first kappa shape index (κ1) is 12.0. The van der Waals surface area contributed by atoms with E-state index in [1.54, 1.807) is 4.90 Å². The van der Waals surface area contributed by atoms with Gasteiger partial charge in [0.15, 0.2) is 0 Å². The van der Waals surface area contributed by atoms with E-state index in [0.717, 1.165) is 19.4 Å². The monoisotopic (exact) mass is 212 g/mol. The number of unbranched alkanes of at least 4 members (excludes halogenated alkanes) is 1. The number of amidine groups is 1. The van der Waals surface area contributed by atoms with Gasteiger partial charge in [0.25, 0.3) is 0 Å². The summed E-state index contributed by atoms with van der Waals surface area (Å²) in [5.74, 6) is 0.236. The Morgan fingerprint density at radius 1 is 1.67 bits per heavy atom. The van der Waals surface area contributed by atoms with Gasteiger partial charge in [-0.15, -0.1) is 0 Å². The van der Waals surface area contributed by atoms with Crippen LogP contribution in [-0.4, -0.2) is 34.9 Å². The molecule has 0 saturated carbocycles. The topological polar surface area (TPSA) is 64.4 Å². The molecule has 4 heteroatoms. The van der Waals surface area contributed by atoms with Gasteiger partial charge in [-0.25, -0.2) is 0 Å². The van der Waals surface area contributed by atoms with E-state index in [9.17, 15) is 4.79 Å². The molecule has 1 heterocycles. The number of hydrogen-bond donors (Lipinski definition) is 2. The fraction of sp³-hybridized carbons (Fsp3) is 0.818. The maximum absolute atomic E-state index is 10.6. The van der Waals surface area contributed by atoms with Gasteiger partial charge in [-0.05, 0) is 18.8 Å². The first-order valence-corrected chi connectivity index (χ1v) is 5.67. The quantitative estimate of drug-likeness (QED) is 0.732. The Morgan fingerprint density at radius 3 is 3.00 bits per heavy atom. The maximum Gasteiger partial charge on any atom is 0.323 e. The molecule has 4 nitrogen and oxygen atoms in total. The van der Waals surface area contributed by atoms with E-state index in [0.29, 0.717) is 11.8 Å². The summed E-state index contributed by atoms with van der Waals surface area (Å²) in [4.78, 5) is 12.3. The molecule has 0 bridgehead atoms. The fourth-order valence-corrected chi connectivity index (χ4v) is 2.06. The van der Waals surface area contributed by atoms with Gasteiger partial charge in [0, 0.05) is 13.0 Å². The highest BCUT2D eigenvalue weighted by Crippen LogP contribution is 2.22. The van der Waals surface area contributed by atoms with E-state index >= 15 is 0 Å². The molecule has 1 aliphatic heterocycles. The molecule has 1 rings (SSSR count). The third kappa shape index (κ3) is 3.90. The summed E-state index contributed by atoms with van der Waals surface area (Å²) in [6, 6.07) is 0.